The molecule has 0 aliphatic rings. The molecule has 0 saturated heterocycles. The van der Waals surface area contributed by atoms with Crippen molar-refractivity contribution < 1.29 is 0 Å². The maximum Gasteiger partial charge on any atom is -0.0389 e. The predicted octanol–water partition coefficient (Wildman–Crippen LogP) is 7.08. The summed E-state index contributed by atoms with van der Waals surface area (Å²) in [7, 11) is 0. The molecule has 0 aliphatic carbocycles. The number of unbranched alkanes of at least 4 members (excludes halogenated alkanes) is 5. The molecule has 0 heteroatoms. The van der Waals surface area contributed by atoms with Crippen LogP contribution in [0.15, 0.2) is 0 Å². The Morgan fingerprint density at radius 3 is 1.53 bits per heavy atom. The Bertz CT molecular complexity index is 184. The minimum absolute atomic E-state index is 0.884. The van der Waals surface area contributed by atoms with Gasteiger partial charge in [-0.15, -0.1) is 0 Å². The Morgan fingerprint density at radius 1 is 0.526 bits per heavy atom. The maximum absolute atomic E-state index is 2.48. The van der Waals surface area contributed by atoms with Crippen LogP contribution in [-0.4, -0.2) is 0 Å². The number of rotatable bonds is 12. The lowest BCUT2D eigenvalue weighted by molar-refractivity contribution is 0.194. The van der Waals surface area contributed by atoms with Crippen molar-refractivity contribution >= 4 is 0 Å². The summed E-state index contributed by atoms with van der Waals surface area (Å²) >= 11 is 0. The highest BCUT2D eigenvalue weighted by Crippen LogP contribution is 2.31. The van der Waals surface area contributed by atoms with Crippen LogP contribution in [0.2, 0.25) is 0 Å². The molecule has 0 nitrogen and oxygen atoms in total. The van der Waals surface area contributed by atoms with E-state index in [9.17, 15) is 0 Å². The van der Waals surface area contributed by atoms with E-state index in [4.69, 9.17) is 0 Å². The average Bonchev–Trinajstić information content (AvgIpc) is 2.41. The standard InChI is InChI=1S/C19H40/c1-7-9-10-11-12-13-15-17(4)19(6)18(5)16(3)14-8-2/h16-19H,7-15H2,1-6H3. The van der Waals surface area contributed by atoms with Crippen molar-refractivity contribution in [2.24, 2.45) is 23.7 Å². The van der Waals surface area contributed by atoms with Gasteiger partial charge in [-0.3, -0.25) is 0 Å². The van der Waals surface area contributed by atoms with Crippen LogP contribution < -0.4 is 0 Å². The van der Waals surface area contributed by atoms with Crippen molar-refractivity contribution in [1.82, 2.24) is 0 Å². The van der Waals surface area contributed by atoms with E-state index in [2.05, 4.69) is 41.5 Å². The van der Waals surface area contributed by atoms with E-state index in [1.807, 2.05) is 0 Å². The molecule has 0 fully saturated rings. The highest BCUT2D eigenvalue weighted by molar-refractivity contribution is 4.72. The smallest absolute Gasteiger partial charge is 0.0389 e. The topological polar surface area (TPSA) is 0 Å². The zero-order valence-corrected chi connectivity index (χ0v) is 14.7. The molecule has 0 aromatic heterocycles. The zero-order valence-electron chi connectivity index (χ0n) is 14.7. The highest BCUT2D eigenvalue weighted by Gasteiger charge is 2.22. The van der Waals surface area contributed by atoms with Crippen molar-refractivity contribution in [3.63, 3.8) is 0 Å². The van der Waals surface area contributed by atoms with Gasteiger partial charge >= 0.3 is 0 Å². The van der Waals surface area contributed by atoms with E-state index < -0.39 is 0 Å². The van der Waals surface area contributed by atoms with Gasteiger partial charge in [0, 0.05) is 0 Å². The Morgan fingerprint density at radius 2 is 1.00 bits per heavy atom. The molecular weight excluding hydrogens is 228 g/mol. The number of hydrogen-bond acceptors (Lipinski definition) is 0. The molecule has 0 rings (SSSR count). The van der Waals surface area contributed by atoms with Gasteiger partial charge in [0.15, 0.2) is 0 Å². The molecule has 4 atom stereocenters. The van der Waals surface area contributed by atoms with Crippen molar-refractivity contribution in [1.29, 1.82) is 0 Å². The van der Waals surface area contributed by atoms with Crippen LogP contribution in [0.1, 0.15) is 99.3 Å². The van der Waals surface area contributed by atoms with Gasteiger partial charge in [0.1, 0.15) is 0 Å². The van der Waals surface area contributed by atoms with Gasteiger partial charge in [0.2, 0.25) is 0 Å². The lowest BCUT2D eigenvalue weighted by atomic mass is 9.75. The maximum atomic E-state index is 2.48. The first-order valence-electron chi connectivity index (χ1n) is 9.04. The van der Waals surface area contributed by atoms with Gasteiger partial charge in [-0.2, -0.15) is 0 Å². The molecule has 0 amide bonds. The second-order valence-electron chi connectivity index (χ2n) is 7.02. The van der Waals surface area contributed by atoms with Crippen LogP contribution >= 0.6 is 0 Å². The van der Waals surface area contributed by atoms with Crippen molar-refractivity contribution in [2.45, 2.75) is 99.3 Å². The predicted molar refractivity (Wildman–Crippen MR) is 89.6 cm³/mol. The first kappa shape index (κ1) is 19.0. The Balaban J connectivity index is 3.77. The molecule has 0 aromatic carbocycles. The summed E-state index contributed by atoms with van der Waals surface area (Å²) in [5, 5.41) is 0. The monoisotopic (exact) mass is 268 g/mol. The third-order valence-electron chi connectivity index (χ3n) is 5.38. The summed E-state index contributed by atoms with van der Waals surface area (Å²) in [6.45, 7) is 14.5. The van der Waals surface area contributed by atoms with Gasteiger partial charge in [-0.1, -0.05) is 99.3 Å². The summed E-state index contributed by atoms with van der Waals surface area (Å²) in [5.41, 5.74) is 0. The molecule has 0 aromatic rings. The Labute approximate surface area is 123 Å². The van der Waals surface area contributed by atoms with Gasteiger partial charge in [0.05, 0.1) is 0 Å². The van der Waals surface area contributed by atoms with Crippen molar-refractivity contribution in [3.05, 3.63) is 0 Å². The van der Waals surface area contributed by atoms with Crippen LogP contribution in [0.5, 0.6) is 0 Å². The first-order valence-corrected chi connectivity index (χ1v) is 9.04. The van der Waals surface area contributed by atoms with Crippen LogP contribution in [0.3, 0.4) is 0 Å². The molecule has 0 bridgehead atoms. The van der Waals surface area contributed by atoms with E-state index in [0.29, 0.717) is 0 Å². The third kappa shape index (κ3) is 8.71. The number of hydrogen-bond donors (Lipinski definition) is 0. The second kappa shape index (κ2) is 11.8. The normalized spacial score (nSPS) is 18.0. The van der Waals surface area contributed by atoms with Crippen molar-refractivity contribution in [2.75, 3.05) is 0 Å². The molecule has 0 heterocycles. The third-order valence-corrected chi connectivity index (χ3v) is 5.38. The summed E-state index contributed by atoms with van der Waals surface area (Å²) < 4.78 is 0. The Hall–Kier alpha value is 0. The summed E-state index contributed by atoms with van der Waals surface area (Å²) in [6, 6.07) is 0. The summed E-state index contributed by atoms with van der Waals surface area (Å²) in [5.74, 6) is 3.57. The largest absolute Gasteiger partial charge is 0.0654 e. The van der Waals surface area contributed by atoms with Crippen LogP contribution in [-0.2, 0) is 0 Å². The van der Waals surface area contributed by atoms with E-state index in [1.165, 1.54) is 57.8 Å². The van der Waals surface area contributed by atoms with Crippen LogP contribution in [0.25, 0.3) is 0 Å². The summed E-state index contributed by atoms with van der Waals surface area (Å²) in [4.78, 5) is 0. The average molecular weight is 269 g/mol. The fraction of sp³-hybridized carbons (Fsp3) is 1.00. The van der Waals surface area contributed by atoms with Crippen LogP contribution in [0, 0.1) is 23.7 Å². The Kier molecular flexibility index (Phi) is 11.8. The SMILES string of the molecule is CCCCCCCCC(C)C(C)C(C)C(C)CCC. The highest BCUT2D eigenvalue weighted by atomic mass is 14.3. The molecular formula is C19H40. The molecule has 0 aliphatic heterocycles. The second-order valence-corrected chi connectivity index (χ2v) is 7.02. The van der Waals surface area contributed by atoms with Gasteiger partial charge in [0.25, 0.3) is 0 Å². The zero-order chi connectivity index (χ0) is 14.7. The minimum atomic E-state index is 0.884. The molecule has 0 radical (unpaired) electrons. The molecule has 19 heavy (non-hydrogen) atoms. The van der Waals surface area contributed by atoms with Gasteiger partial charge in [-0.05, 0) is 23.7 Å². The molecule has 4 unspecified atom stereocenters. The van der Waals surface area contributed by atoms with Crippen molar-refractivity contribution in [3.8, 4) is 0 Å². The van der Waals surface area contributed by atoms with E-state index >= 15 is 0 Å². The van der Waals surface area contributed by atoms with E-state index in [-0.39, 0.29) is 0 Å². The molecule has 0 saturated carbocycles. The minimum Gasteiger partial charge on any atom is -0.0654 e. The van der Waals surface area contributed by atoms with E-state index in [1.54, 1.807) is 0 Å². The summed E-state index contributed by atoms with van der Waals surface area (Å²) in [6.07, 6.45) is 12.8. The fourth-order valence-corrected chi connectivity index (χ4v) is 3.26. The molecule has 116 valence electrons. The van der Waals surface area contributed by atoms with Gasteiger partial charge in [-0.25, -0.2) is 0 Å². The molecule has 0 N–H and O–H groups in total. The first-order chi connectivity index (χ1) is 9.04. The van der Waals surface area contributed by atoms with Gasteiger partial charge < -0.3 is 0 Å². The fourth-order valence-electron chi connectivity index (χ4n) is 3.26. The van der Waals surface area contributed by atoms with E-state index in [0.717, 1.165) is 23.7 Å². The lowest BCUT2D eigenvalue weighted by Gasteiger charge is -2.30. The van der Waals surface area contributed by atoms with Crippen LogP contribution in [0.4, 0.5) is 0 Å². The molecule has 0 spiro atoms. The quantitative estimate of drug-likeness (QED) is 0.332. The lowest BCUT2D eigenvalue weighted by Crippen LogP contribution is -2.22.